The number of hydrogen-bond donors (Lipinski definition) is 12. The van der Waals surface area contributed by atoms with E-state index in [2.05, 4.69) is 31.9 Å². The van der Waals surface area contributed by atoms with Gasteiger partial charge in [-0.1, -0.05) is 20.8 Å². The van der Waals surface area contributed by atoms with Crippen LogP contribution >= 0.6 is 0 Å². The lowest BCUT2D eigenvalue weighted by Crippen LogP contribution is -2.73. The molecule has 4 aliphatic carbocycles. The average molecular weight is 1130 g/mol. The lowest BCUT2D eigenvalue weighted by molar-refractivity contribution is -0.276. The number of ether oxygens (including phenoxy) is 3. The highest BCUT2D eigenvalue weighted by Gasteiger charge is 2.73. The van der Waals surface area contributed by atoms with Crippen LogP contribution in [0.2, 0.25) is 0 Å². The van der Waals surface area contributed by atoms with E-state index in [9.17, 15) is 58.5 Å². The predicted molar refractivity (Wildman–Crippen MR) is 282 cm³/mol. The molecule has 1 aromatic carbocycles. The minimum absolute atomic E-state index is 0.0313. The molecule has 0 radical (unpaired) electrons. The van der Waals surface area contributed by atoms with Gasteiger partial charge < -0.3 is 83.2 Å². The van der Waals surface area contributed by atoms with Crippen molar-refractivity contribution in [2.75, 3.05) is 19.8 Å². The molecule has 27 heteroatoms. The summed E-state index contributed by atoms with van der Waals surface area (Å²) >= 11 is 0. The quantitative estimate of drug-likeness (QED) is 0.0224. The summed E-state index contributed by atoms with van der Waals surface area (Å²) in [5.74, 6) is -5.44. The van der Waals surface area contributed by atoms with E-state index in [4.69, 9.17) is 36.4 Å². The monoisotopic (exact) mass is 1130 g/mol. The maximum absolute atomic E-state index is 15.5. The summed E-state index contributed by atoms with van der Waals surface area (Å²) < 4.78 is 33.9. The number of cyclic esters (lactones) is 1. The molecule has 26 nitrogen and oxygen atoms in total. The van der Waals surface area contributed by atoms with Crippen LogP contribution in [-0.4, -0.2) is 140 Å². The number of aryl methyl sites for hydroxylation is 1. The van der Waals surface area contributed by atoms with Crippen LogP contribution in [-0.2, 0) is 72.9 Å². The zero-order valence-corrected chi connectivity index (χ0v) is 45.4. The van der Waals surface area contributed by atoms with Crippen molar-refractivity contribution < 1.29 is 72.3 Å². The van der Waals surface area contributed by atoms with E-state index in [0.29, 0.717) is 65.5 Å². The van der Waals surface area contributed by atoms with Gasteiger partial charge in [-0.15, -0.1) is 0 Å². The second-order valence-electron chi connectivity index (χ2n) is 22.7. The molecule has 0 unspecified atom stereocenters. The van der Waals surface area contributed by atoms with Gasteiger partial charge >= 0.3 is 12.0 Å². The van der Waals surface area contributed by atoms with E-state index < -0.39 is 124 Å². The number of halogens is 1. The van der Waals surface area contributed by atoms with Crippen molar-refractivity contribution in [2.24, 2.45) is 28.5 Å². The first-order valence-corrected chi connectivity index (χ1v) is 27.3. The number of fused-ring (bicyclic) bond motifs is 5. The van der Waals surface area contributed by atoms with Gasteiger partial charge in [0.25, 0.3) is 5.56 Å². The Balaban J connectivity index is 0.797. The molecule has 0 spiro atoms. The maximum Gasteiger partial charge on any atom is 0.343 e. The number of pyridine rings is 2. The minimum Gasteiger partial charge on any atom is -0.458 e. The Morgan fingerprint density at radius 1 is 0.938 bits per heavy atom. The van der Waals surface area contributed by atoms with Gasteiger partial charge in [-0.25, -0.2) is 19.0 Å². The summed E-state index contributed by atoms with van der Waals surface area (Å²) in [5, 5.41) is 48.8. The number of primary amides is 2. The third-order valence-corrected chi connectivity index (χ3v) is 17.0. The molecule has 8 amide bonds. The average Bonchev–Trinajstić information content (AvgIpc) is 4.07. The smallest absolute Gasteiger partial charge is 0.343 e. The van der Waals surface area contributed by atoms with E-state index in [0.717, 1.165) is 11.1 Å². The predicted octanol–water partition coefficient (Wildman–Crippen LogP) is -1.69. The van der Waals surface area contributed by atoms with Gasteiger partial charge in [0.15, 0.2) is 5.60 Å². The van der Waals surface area contributed by atoms with Crippen molar-refractivity contribution in [2.45, 2.75) is 171 Å². The molecule has 81 heavy (non-hydrogen) atoms. The molecule has 2 bridgehead atoms. The van der Waals surface area contributed by atoms with Crippen LogP contribution in [0.25, 0.3) is 22.3 Å². The van der Waals surface area contributed by atoms with Gasteiger partial charge in [0.05, 0.1) is 64.6 Å². The van der Waals surface area contributed by atoms with Crippen LogP contribution in [0.1, 0.15) is 124 Å². The van der Waals surface area contributed by atoms with E-state index >= 15 is 4.39 Å². The van der Waals surface area contributed by atoms with Gasteiger partial charge in [-0.2, -0.15) is 0 Å². The number of hydrogen-bond acceptors (Lipinski definition) is 17. The summed E-state index contributed by atoms with van der Waals surface area (Å²) in [6.07, 6.45) is -3.46. The largest absolute Gasteiger partial charge is 0.458 e. The SMILES string of the molecule is CC[C@@]1(O)C(=O)OCc2c1cc1n(c2=O)Cc2c-1nc1cc(F)c(C)c3c1c2[C@@H](NC(=O)C12CC(OCNC(=O)[C@H](CCCNC(N)=O)NC(=O)[C@@H](NC(=O)[C@@H](N)CCC(=O)NC[C@H]4O[C@@H](CC(N)=O)[C@H](O)[C@@H]4O)C(C)C)(C1)C2)CC3. The second-order valence-corrected chi connectivity index (χ2v) is 22.7. The number of benzene rings is 1. The Morgan fingerprint density at radius 3 is 2.33 bits per heavy atom. The first-order chi connectivity index (χ1) is 38.3. The minimum atomic E-state index is -2.05. The van der Waals surface area contributed by atoms with Gasteiger partial charge in [0, 0.05) is 42.1 Å². The first-order valence-electron chi connectivity index (χ1n) is 27.3. The number of carbonyl (C=O) groups is 8. The van der Waals surface area contributed by atoms with Crippen molar-refractivity contribution in [3.05, 3.63) is 61.7 Å². The van der Waals surface area contributed by atoms with Crippen LogP contribution in [0.5, 0.6) is 0 Å². The van der Waals surface area contributed by atoms with Gasteiger partial charge in [-0.05, 0) is 93.4 Å². The molecular formula is C54H70FN11O15. The number of amides is 8. The number of aliphatic hydroxyl groups is 3. The topological polar surface area (TPSA) is 410 Å². The summed E-state index contributed by atoms with van der Waals surface area (Å²) in [4.78, 5) is 122. The first kappa shape index (κ1) is 58.5. The highest BCUT2D eigenvalue weighted by Crippen LogP contribution is 2.69. The van der Waals surface area contributed by atoms with Crippen LogP contribution in [0, 0.1) is 24.1 Å². The standard InChI is InChI=1S/C54H70FN11O15/c1-5-54(78)28-13-34-42-26(17-66(34)48(74)27(28)18-79-50(54)76)40-31(10-8-25-24(4)29(55)14-33(62-42)39(25)40)64-49(75)52-19-53(20-52,21-52)80-22-61-46(72)32(7-6-12-59-51(58)77)63-47(73)41(23(2)3)65-45(71)30(56)9-11-38(68)60-16-36-44(70)43(69)35(81-36)15-37(57)67/h13-14,23,30-32,35-36,41,43-44,69-70,78H,5-12,15-22,56H2,1-4H3,(H2,57,67)(H,60,68)(H,61,72)(H,63,73)(H,64,75)(H,65,71)(H3,58,59,77)/t30-,31-,32-,35-,36+,41-,43-,44+,52?,53?,54-/m0/s1. The second kappa shape index (κ2) is 22.6. The Hall–Kier alpha value is -7.17. The Morgan fingerprint density at radius 2 is 1.65 bits per heavy atom. The van der Waals surface area contributed by atoms with Crippen molar-refractivity contribution in [3.63, 3.8) is 0 Å². The molecule has 10 rings (SSSR count). The molecule has 7 aliphatic rings. The number of carbonyl (C=O) groups excluding carboxylic acids is 8. The van der Waals surface area contributed by atoms with Gasteiger partial charge in [-0.3, -0.25) is 33.6 Å². The third kappa shape index (κ3) is 11.1. The molecule has 4 fully saturated rings. The Bertz CT molecular complexity index is 3150. The Labute approximate surface area is 463 Å². The number of aliphatic hydroxyl groups excluding tert-OH is 2. The highest BCUT2D eigenvalue weighted by molar-refractivity contribution is 5.96. The zero-order chi connectivity index (χ0) is 58.6. The van der Waals surface area contributed by atoms with E-state index in [1.54, 1.807) is 33.8 Å². The van der Waals surface area contributed by atoms with Crippen LogP contribution in [0.4, 0.5) is 9.18 Å². The summed E-state index contributed by atoms with van der Waals surface area (Å²) in [6.45, 7) is 5.99. The molecule has 1 saturated heterocycles. The molecule has 15 N–H and O–H groups in total. The fourth-order valence-corrected chi connectivity index (χ4v) is 12.4. The number of esters is 1. The van der Waals surface area contributed by atoms with E-state index in [1.807, 2.05) is 0 Å². The highest BCUT2D eigenvalue weighted by atomic mass is 19.1. The van der Waals surface area contributed by atoms with E-state index in [1.165, 1.54) is 10.6 Å². The number of aromatic nitrogens is 2. The number of nitrogens with zero attached hydrogens (tertiary/aromatic N) is 2. The molecule has 9 atom stereocenters. The number of rotatable bonds is 23. The maximum atomic E-state index is 15.5. The fraction of sp³-hybridized carbons (Fsp3) is 0.593. The molecule has 3 aliphatic heterocycles. The Kier molecular flexibility index (Phi) is 16.3. The van der Waals surface area contributed by atoms with Crippen molar-refractivity contribution >= 4 is 58.3 Å². The summed E-state index contributed by atoms with van der Waals surface area (Å²) in [7, 11) is 0. The number of nitrogens with two attached hydrogens (primary N) is 3. The van der Waals surface area contributed by atoms with Gasteiger partial charge in [0.2, 0.25) is 35.4 Å². The van der Waals surface area contributed by atoms with Crippen LogP contribution in [0.3, 0.4) is 0 Å². The molecular weight excluding hydrogens is 1060 g/mol. The van der Waals surface area contributed by atoms with Crippen molar-refractivity contribution in [1.29, 1.82) is 0 Å². The lowest BCUT2D eigenvalue weighted by Gasteiger charge is -2.68. The number of nitrogens with one attached hydrogen (secondary N) is 6. The molecule has 438 valence electrons. The van der Waals surface area contributed by atoms with Crippen molar-refractivity contribution in [1.82, 2.24) is 41.5 Å². The summed E-state index contributed by atoms with van der Waals surface area (Å²) in [6, 6.07) is -2.01. The summed E-state index contributed by atoms with van der Waals surface area (Å²) in [5.41, 5.74) is 16.5. The number of urea groups is 1. The molecule has 5 heterocycles. The fourth-order valence-electron chi connectivity index (χ4n) is 12.4. The molecule has 3 saturated carbocycles. The normalized spacial score (nSPS) is 26.5. The van der Waals surface area contributed by atoms with Gasteiger partial charge in [0.1, 0.15) is 49.6 Å². The molecule has 2 aromatic heterocycles. The third-order valence-electron chi connectivity index (χ3n) is 17.0. The van der Waals surface area contributed by atoms with Crippen LogP contribution in [0.15, 0.2) is 16.9 Å². The lowest BCUT2D eigenvalue weighted by atomic mass is 9.40. The van der Waals surface area contributed by atoms with Crippen LogP contribution < -0.4 is 54.7 Å². The van der Waals surface area contributed by atoms with E-state index in [-0.39, 0.29) is 88.5 Å². The van der Waals surface area contributed by atoms with Crippen molar-refractivity contribution in [3.8, 4) is 11.4 Å². The zero-order valence-electron chi connectivity index (χ0n) is 45.4. The molecule has 3 aromatic rings.